The number of ether oxygens (including phenoxy) is 2. The van der Waals surface area contributed by atoms with Crippen molar-refractivity contribution < 1.29 is 19.4 Å². The Morgan fingerprint density at radius 2 is 2.05 bits per heavy atom. The van der Waals surface area contributed by atoms with Crippen LogP contribution in [0.15, 0.2) is 18.2 Å². The highest BCUT2D eigenvalue weighted by molar-refractivity contribution is 5.75. The minimum atomic E-state index is -0.984. The first kappa shape index (κ1) is 13.6. The van der Waals surface area contributed by atoms with E-state index < -0.39 is 18.1 Å². The summed E-state index contributed by atoms with van der Waals surface area (Å²) in [5.41, 5.74) is 6.68. The zero-order valence-corrected chi connectivity index (χ0v) is 10.8. The summed E-state index contributed by atoms with van der Waals surface area (Å²) in [5, 5.41) is 11.8. The van der Waals surface area contributed by atoms with Gasteiger partial charge in [-0.1, -0.05) is 6.07 Å². The Bertz CT molecular complexity index is 464. The van der Waals surface area contributed by atoms with Gasteiger partial charge in [0.15, 0.2) is 11.5 Å². The summed E-state index contributed by atoms with van der Waals surface area (Å²) in [6, 6.07) is 3.79. The van der Waals surface area contributed by atoms with Gasteiger partial charge in [-0.15, -0.1) is 0 Å². The van der Waals surface area contributed by atoms with Crippen LogP contribution in [0.4, 0.5) is 0 Å². The van der Waals surface area contributed by atoms with Gasteiger partial charge in [0.05, 0.1) is 19.3 Å². The average molecular weight is 266 g/mol. The number of hydrogen-bond donors (Lipinski definition) is 3. The summed E-state index contributed by atoms with van der Waals surface area (Å²) in [6.45, 7) is 1.20. The second-order valence-corrected chi connectivity index (χ2v) is 4.39. The molecule has 1 aromatic rings. The van der Waals surface area contributed by atoms with Gasteiger partial charge in [0.1, 0.15) is 6.04 Å². The molecular weight excluding hydrogens is 248 g/mol. The van der Waals surface area contributed by atoms with Gasteiger partial charge >= 0.3 is 5.97 Å². The molecule has 0 fully saturated rings. The molecule has 1 aliphatic heterocycles. The summed E-state index contributed by atoms with van der Waals surface area (Å²) in [5.74, 6) is 0.303. The highest BCUT2D eigenvalue weighted by Crippen LogP contribution is 2.32. The second kappa shape index (κ2) is 5.90. The van der Waals surface area contributed by atoms with Crippen LogP contribution in [0, 0.1) is 0 Å². The summed E-state index contributed by atoms with van der Waals surface area (Å²) < 4.78 is 11.1. The molecule has 2 unspecified atom stereocenters. The molecule has 0 saturated carbocycles. The highest BCUT2D eigenvalue weighted by Gasteiger charge is 2.25. The number of likely N-dealkylation sites (N-methyl/N-ethyl adjacent to an activating group) is 1. The number of fused-ring (bicyclic) bond motifs is 1. The molecule has 0 radical (unpaired) electrons. The largest absolute Gasteiger partial charge is 0.490 e. The van der Waals surface area contributed by atoms with Gasteiger partial charge in [-0.3, -0.25) is 4.79 Å². The molecule has 0 bridgehead atoms. The molecule has 19 heavy (non-hydrogen) atoms. The molecule has 1 aliphatic rings. The van der Waals surface area contributed by atoms with Crippen LogP contribution < -0.4 is 20.5 Å². The number of benzene rings is 1. The molecule has 0 amide bonds. The smallest absolute Gasteiger partial charge is 0.322 e. The van der Waals surface area contributed by atoms with Gasteiger partial charge in [0, 0.05) is 6.42 Å². The molecule has 6 nitrogen and oxygen atoms in total. The Balaban J connectivity index is 2.25. The first-order chi connectivity index (χ1) is 9.13. The SMILES string of the molecule is CNC(C(=O)O)C(N)c1ccc2c(c1)OCCCO2. The van der Waals surface area contributed by atoms with Crippen LogP contribution in [0.3, 0.4) is 0 Å². The number of carboxylic acids is 1. The average Bonchev–Trinajstić information content (AvgIpc) is 2.63. The normalized spacial score (nSPS) is 17.4. The first-order valence-electron chi connectivity index (χ1n) is 6.18. The van der Waals surface area contributed by atoms with E-state index in [1.165, 1.54) is 0 Å². The minimum absolute atomic E-state index is 0.583. The van der Waals surface area contributed by atoms with Gasteiger partial charge in [-0.2, -0.15) is 0 Å². The third-order valence-corrected chi connectivity index (χ3v) is 3.09. The lowest BCUT2D eigenvalue weighted by Crippen LogP contribution is -2.43. The Hall–Kier alpha value is -1.79. The molecule has 104 valence electrons. The fourth-order valence-electron chi connectivity index (χ4n) is 2.04. The number of hydrogen-bond acceptors (Lipinski definition) is 5. The standard InChI is InChI=1S/C13H18N2O4/c1-15-12(13(16)17)11(14)8-3-4-9-10(7-8)19-6-2-5-18-9/h3-4,7,11-12,15H,2,5-6,14H2,1H3,(H,16,17). The number of nitrogens with one attached hydrogen (secondary N) is 1. The van der Waals surface area contributed by atoms with Gasteiger partial charge in [0.2, 0.25) is 0 Å². The van der Waals surface area contributed by atoms with Gasteiger partial charge < -0.3 is 25.6 Å². The van der Waals surface area contributed by atoms with Crippen molar-refractivity contribution in [2.75, 3.05) is 20.3 Å². The van der Waals surface area contributed by atoms with Crippen LogP contribution in [0.2, 0.25) is 0 Å². The van der Waals surface area contributed by atoms with Crippen molar-refractivity contribution in [2.45, 2.75) is 18.5 Å². The molecule has 2 rings (SSSR count). The number of rotatable bonds is 4. The van der Waals surface area contributed by atoms with Crippen molar-refractivity contribution in [3.8, 4) is 11.5 Å². The summed E-state index contributed by atoms with van der Waals surface area (Å²) in [4.78, 5) is 11.1. The summed E-state index contributed by atoms with van der Waals surface area (Å²) >= 11 is 0. The zero-order chi connectivity index (χ0) is 13.8. The van der Waals surface area contributed by atoms with Crippen molar-refractivity contribution in [3.63, 3.8) is 0 Å². The maximum absolute atomic E-state index is 11.1. The molecule has 1 heterocycles. The monoisotopic (exact) mass is 266 g/mol. The van der Waals surface area contributed by atoms with Crippen LogP contribution in [-0.4, -0.2) is 37.4 Å². The molecule has 0 aromatic heterocycles. The predicted molar refractivity (Wildman–Crippen MR) is 69.5 cm³/mol. The molecule has 0 saturated heterocycles. The maximum Gasteiger partial charge on any atom is 0.322 e. The molecule has 2 atom stereocenters. The van der Waals surface area contributed by atoms with E-state index in [4.69, 9.17) is 20.3 Å². The Kier molecular flexibility index (Phi) is 4.24. The van der Waals surface area contributed by atoms with Gasteiger partial charge in [-0.25, -0.2) is 0 Å². The van der Waals surface area contributed by atoms with E-state index >= 15 is 0 Å². The predicted octanol–water partition coefficient (Wildman–Crippen LogP) is 0.520. The molecule has 6 heteroatoms. The lowest BCUT2D eigenvalue weighted by atomic mass is 10.00. The van der Waals surface area contributed by atoms with Crippen LogP contribution in [0.25, 0.3) is 0 Å². The number of nitrogens with two attached hydrogens (primary N) is 1. The maximum atomic E-state index is 11.1. The van der Waals surface area contributed by atoms with E-state index in [9.17, 15) is 4.79 Å². The third-order valence-electron chi connectivity index (χ3n) is 3.09. The number of carbonyl (C=O) groups is 1. The van der Waals surface area contributed by atoms with Crippen LogP contribution >= 0.6 is 0 Å². The second-order valence-electron chi connectivity index (χ2n) is 4.39. The zero-order valence-electron chi connectivity index (χ0n) is 10.8. The van der Waals surface area contributed by atoms with Crippen LogP contribution in [-0.2, 0) is 4.79 Å². The van der Waals surface area contributed by atoms with E-state index in [1.807, 2.05) is 0 Å². The Morgan fingerprint density at radius 1 is 1.37 bits per heavy atom. The van der Waals surface area contributed by atoms with Gasteiger partial charge in [0.25, 0.3) is 0 Å². The number of aliphatic carboxylic acids is 1. The summed E-state index contributed by atoms with van der Waals surface area (Å²) in [7, 11) is 1.57. The molecule has 0 aliphatic carbocycles. The lowest BCUT2D eigenvalue weighted by molar-refractivity contribution is -0.139. The van der Waals surface area contributed by atoms with Crippen molar-refractivity contribution in [2.24, 2.45) is 5.73 Å². The van der Waals surface area contributed by atoms with E-state index in [-0.39, 0.29) is 0 Å². The van der Waals surface area contributed by atoms with Crippen LogP contribution in [0.5, 0.6) is 11.5 Å². The first-order valence-corrected chi connectivity index (χ1v) is 6.18. The fourth-order valence-corrected chi connectivity index (χ4v) is 2.04. The quantitative estimate of drug-likeness (QED) is 0.735. The lowest BCUT2D eigenvalue weighted by Gasteiger charge is -2.20. The van der Waals surface area contributed by atoms with E-state index in [0.29, 0.717) is 30.3 Å². The van der Waals surface area contributed by atoms with Crippen molar-refractivity contribution >= 4 is 5.97 Å². The topological polar surface area (TPSA) is 93.8 Å². The van der Waals surface area contributed by atoms with Crippen molar-refractivity contribution in [3.05, 3.63) is 23.8 Å². The Labute approximate surface area is 111 Å². The van der Waals surface area contributed by atoms with E-state index in [0.717, 1.165) is 6.42 Å². The molecule has 4 N–H and O–H groups in total. The molecule has 1 aromatic carbocycles. The fraction of sp³-hybridized carbons (Fsp3) is 0.462. The molecule has 0 spiro atoms. The minimum Gasteiger partial charge on any atom is -0.490 e. The highest BCUT2D eigenvalue weighted by atomic mass is 16.5. The van der Waals surface area contributed by atoms with E-state index in [2.05, 4.69) is 5.32 Å². The number of carboxylic acid groups (broad SMARTS) is 1. The van der Waals surface area contributed by atoms with Crippen molar-refractivity contribution in [1.29, 1.82) is 0 Å². The van der Waals surface area contributed by atoms with Gasteiger partial charge in [-0.05, 0) is 24.7 Å². The summed E-state index contributed by atoms with van der Waals surface area (Å²) in [6.07, 6.45) is 0.824. The molecular formula is C13H18N2O4. The van der Waals surface area contributed by atoms with Crippen molar-refractivity contribution in [1.82, 2.24) is 5.32 Å². The third kappa shape index (κ3) is 2.97. The van der Waals surface area contributed by atoms with Crippen LogP contribution in [0.1, 0.15) is 18.0 Å². The Morgan fingerprint density at radius 3 is 2.68 bits per heavy atom. The van der Waals surface area contributed by atoms with E-state index in [1.54, 1.807) is 25.2 Å².